The summed E-state index contributed by atoms with van der Waals surface area (Å²) in [5, 5.41) is 0. The van der Waals surface area contributed by atoms with E-state index in [0.29, 0.717) is 0 Å². The molecule has 424 valence electrons. The molecule has 4 heteroatoms. The van der Waals surface area contributed by atoms with Crippen molar-refractivity contribution in [3.05, 3.63) is 177 Å². The third kappa shape index (κ3) is 8.45. The molecule has 3 nitrogen and oxygen atoms in total. The van der Waals surface area contributed by atoms with Gasteiger partial charge in [0.25, 0.3) is 6.71 Å². The van der Waals surface area contributed by atoms with Gasteiger partial charge in [0, 0.05) is 45.5 Å². The number of hydrogen-bond acceptors (Lipinski definition) is 3. The van der Waals surface area contributed by atoms with E-state index >= 15 is 0 Å². The molecule has 0 aromatic heterocycles. The van der Waals surface area contributed by atoms with Gasteiger partial charge in [-0.2, -0.15) is 0 Å². The number of fused-ring (bicyclic) bond motifs is 8. The number of hydrogen-bond donors (Lipinski definition) is 0. The molecule has 7 aromatic carbocycles. The first kappa shape index (κ1) is 55.2. The van der Waals surface area contributed by atoms with Crippen molar-refractivity contribution in [2.24, 2.45) is 0 Å². The van der Waals surface area contributed by atoms with Crippen molar-refractivity contribution in [2.45, 2.75) is 232 Å². The molecule has 82 heavy (non-hydrogen) atoms. The van der Waals surface area contributed by atoms with Crippen molar-refractivity contribution in [1.29, 1.82) is 0 Å². The van der Waals surface area contributed by atoms with Gasteiger partial charge >= 0.3 is 0 Å². The first-order valence-corrected chi connectivity index (χ1v) is 31.6. The molecule has 7 aromatic rings. The van der Waals surface area contributed by atoms with Crippen LogP contribution in [0.5, 0.6) is 0 Å². The van der Waals surface area contributed by atoms with Crippen LogP contribution in [0, 0.1) is 0 Å². The Labute approximate surface area is 495 Å². The minimum Gasteiger partial charge on any atom is -0.311 e. The lowest BCUT2D eigenvalue weighted by Gasteiger charge is -2.49. The van der Waals surface area contributed by atoms with Gasteiger partial charge in [-0.1, -0.05) is 186 Å². The minimum absolute atomic E-state index is 0.00870. The molecule has 0 amide bonds. The van der Waals surface area contributed by atoms with Gasteiger partial charge in [-0.15, -0.1) is 0 Å². The van der Waals surface area contributed by atoms with Gasteiger partial charge in [-0.25, -0.2) is 0 Å². The Morgan fingerprint density at radius 1 is 0.329 bits per heavy atom. The van der Waals surface area contributed by atoms with Crippen molar-refractivity contribution < 1.29 is 0 Å². The lowest BCUT2D eigenvalue weighted by molar-refractivity contribution is 0.332. The standard InChI is InChI=1S/C78H94BN3/c1-70(2,3)49-25-27-51(28-26-49)80(50-23-21-20-22-24-50)54-43-67-69-68(44-54)82(53-30-32-56-58(42-53)74(10,11)36-34-72(56,6)7)66-48-62-60(76(14,15)38-40-78(62,18)19)46-64(66)79(69)63-45-59-61(77(16,17)39-37-75(59,12)13)47-65(63)81(67)52-29-31-55-57(41-52)73(8,9)35-33-71(55,4)5/h20-32,41-48H,33-40H2,1-19H3. The van der Waals surface area contributed by atoms with Crippen LogP contribution in [-0.4, -0.2) is 6.71 Å². The van der Waals surface area contributed by atoms with Crippen LogP contribution in [0.1, 0.15) is 233 Å². The van der Waals surface area contributed by atoms with Crippen molar-refractivity contribution in [3.63, 3.8) is 0 Å². The topological polar surface area (TPSA) is 9.72 Å². The van der Waals surface area contributed by atoms with E-state index in [9.17, 15) is 0 Å². The van der Waals surface area contributed by atoms with E-state index in [1.54, 1.807) is 0 Å². The van der Waals surface area contributed by atoms with E-state index < -0.39 is 0 Å². The van der Waals surface area contributed by atoms with Crippen LogP contribution in [0.15, 0.2) is 127 Å². The highest BCUT2D eigenvalue weighted by molar-refractivity contribution is 7.00. The smallest absolute Gasteiger partial charge is 0.252 e. The fourth-order valence-corrected chi connectivity index (χ4v) is 16.4. The van der Waals surface area contributed by atoms with E-state index in [1.165, 1.54) is 126 Å². The molecule has 0 radical (unpaired) electrons. The fourth-order valence-electron chi connectivity index (χ4n) is 16.4. The Bertz CT molecular complexity index is 3570. The summed E-state index contributed by atoms with van der Waals surface area (Å²) in [6.45, 7) is 47.0. The quantitative estimate of drug-likeness (QED) is 0.159. The fraction of sp³-hybridized carbons (Fsp3) is 0.462. The molecule has 0 spiro atoms. The SMILES string of the molecule is CC(C)(C)c1ccc(N(c2ccccc2)c2cc3c4c(c2)N(c2ccc5c(c2)C(C)(C)CCC5(C)C)c2cc5c(cc2B4c2cc4c(cc2N3c2ccc3c(c2)C(C)(C)CCC3(C)C)C(C)(C)CCC4(C)C)C(C)(C)CCC5(C)C)cc1. The van der Waals surface area contributed by atoms with Crippen molar-refractivity contribution in [1.82, 2.24) is 0 Å². The molecular weight excluding hydrogens is 990 g/mol. The summed E-state index contributed by atoms with van der Waals surface area (Å²) in [6.07, 6.45) is 9.34. The van der Waals surface area contributed by atoms with Gasteiger partial charge in [0.05, 0.1) is 5.69 Å². The number of nitrogens with zero attached hydrogens (tertiary/aromatic N) is 3. The first-order chi connectivity index (χ1) is 38.2. The second-order valence-electron chi connectivity index (χ2n) is 32.9. The van der Waals surface area contributed by atoms with Crippen LogP contribution < -0.4 is 31.1 Å². The molecule has 13 rings (SSSR count). The summed E-state index contributed by atoms with van der Waals surface area (Å²) in [7, 11) is 0. The summed E-state index contributed by atoms with van der Waals surface area (Å²) in [4.78, 5) is 8.08. The summed E-state index contributed by atoms with van der Waals surface area (Å²) >= 11 is 0. The second kappa shape index (κ2) is 17.8. The van der Waals surface area contributed by atoms with Crippen molar-refractivity contribution in [3.8, 4) is 0 Å². The molecule has 4 aliphatic carbocycles. The van der Waals surface area contributed by atoms with Crippen LogP contribution in [0.25, 0.3) is 0 Å². The Kier molecular flexibility index (Phi) is 12.0. The Balaban J connectivity index is 1.21. The predicted molar refractivity (Wildman–Crippen MR) is 355 cm³/mol. The Morgan fingerprint density at radius 3 is 1.02 bits per heavy atom. The normalized spacial score (nSPS) is 21.2. The van der Waals surface area contributed by atoms with Crippen LogP contribution in [-0.2, 0) is 48.7 Å². The lowest BCUT2D eigenvalue weighted by atomic mass is 9.32. The monoisotopic (exact) mass is 1080 g/mol. The average molecular weight is 1080 g/mol. The number of para-hydroxylation sites is 1. The van der Waals surface area contributed by atoms with Crippen LogP contribution >= 0.6 is 0 Å². The van der Waals surface area contributed by atoms with E-state index in [1.807, 2.05) is 0 Å². The third-order valence-electron chi connectivity index (χ3n) is 22.4. The Morgan fingerprint density at radius 2 is 0.659 bits per heavy atom. The molecule has 0 bridgehead atoms. The van der Waals surface area contributed by atoms with Crippen molar-refractivity contribution in [2.75, 3.05) is 14.7 Å². The highest BCUT2D eigenvalue weighted by atomic mass is 15.2. The van der Waals surface area contributed by atoms with E-state index in [-0.39, 0.29) is 55.4 Å². The van der Waals surface area contributed by atoms with Crippen molar-refractivity contribution >= 4 is 74.3 Å². The maximum Gasteiger partial charge on any atom is 0.252 e. The third-order valence-corrected chi connectivity index (χ3v) is 22.4. The molecule has 2 aliphatic heterocycles. The highest BCUT2D eigenvalue weighted by Gasteiger charge is 2.50. The first-order valence-electron chi connectivity index (χ1n) is 31.6. The minimum atomic E-state index is -0.0222. The van der Waals surface area contributed by atoms with Gasteiger partial charge in [0.2, 0.25) is 0 Å². The van der Waals surface area contributed by atoms with Crippen LogP contribution in [0.2, 0.25) is 0 Å². The average Bonchev–Trinajstić information content (AvgIpc) is 3.46. The van der Waals surface area contributed by atoms with E-state index in [2.05, 4.69) is 274 Å². The molecule has 0 saturated carbocycles. The van der Waals surface area contributed by atoms with Gasteiger partial charge in [-0.3, -0.25) is 0 Å². The number of anilines is 9. The second-order valence-corrected chi connectivity index (χ2v) is 32.9. The maximum absolute atomic E-state index is 2.77. The highest BCUT2D eigenvalue weighted by Crippen LogP contribution is 2.57. The zero-order valence-corrected chi connectivity index (χ0v) is 53.7. The molecule has 0 atom stereocenters. The molecule has 0 N–H and O–H groups in total. The molecule has 0 fully saturated rings. The Hall–Kier alpha value is -6.00. The zero-order valence-electron chi connectivity index (χ0n) is 53.7. The summed E-state index contributed by atoms with van der Waals surface area (Å²) < 4.78 is 0. The maximum atomic E-state index is 2.77. The molecule has 0 unspecified atom stereocenters. The number of rotatable bonds is 5. The molecule has 6 aliphatic rings. The molecular formula is C78H94BN3. The van der Waals surface area contributed by atoms with E-state index in [4.69, 9.17) is 0 Å². The van der Waals surface area contributed by atoms with Gasteiger partial charge in [0.15, 0.2) is 0 Å². The summed E-state index contributed by atoms with van der Waals surface area (Å²) in [6, 6.07) is 52.1. The lowest BCUT2D eigenvalue weighted by Crippen LogP contribution is -2.62. The largest absolute Gasteiger partial charge is 0.311 e. The number of benzene rings is 7. The van der Waals surface area contributed by atoms with Gasteiger partial charge in [-0.05, 0) is 239 Å². The van der Waals surface area contributed by atoms with Crippen LogP contribution in [0.3, 0.4) is 0 Å². The van der Waals surface area contributed by atoms with Gasteiger partial charge < -0.3 is 14.7 Å². The molecule has 0 saturated heterocycles. The van der Waals surface area contributed by atoms with Crippen LogP contribution in [0.4, 0.5) is 51.2 Å². The summed E-state index contributed by atoms with van der Waals surface area (Å²) in [5.74, 6) is 0. The zero-order chi connectivity index (χ0) is 58.4. The predicted octanol–water partition coefficient (Wildman–Crippen LogP) is 19.9. The molecule has 2 heterocycles. The van der Waals surface area contributed by atoms with E-state index in [0.717, 1.165) is 42.7 Å². The summed E-state index contributed by atoms with van der Waals surface area (Å²) in [5.41, 5.74) is 29.1. The van der Waals surface area contributed by atoms with Gasteiger partial charge in [0.1, 0.15) is 0 Å².